The van der Waals surface area contributed by atoms with E-state index in [1.165, 1.54) is 0 Å². The fourth-order valence-corrected chi connectivity index (χ4v) is 4.14. The van der Waals surface area contributed by atoms with Crippen molar-refractivity contribution in [3.05, 3.63) is 52.5 Å². The molecular weight excluding hydrogens is 348 g/mol. The second kappa shape index (κ2) is 6.26. The topological polar surface area (TPSA) is 62.8 Å². The quantitative estimate of drug-likeness (QED) is 0.553. The molecule has 132 valence electrons. The molecule has 1 N–H and O–H groups in total. The number of rotatable bonds is 2. The first-order chi connectivity index (χ1) is 12.8. The van der Waals surface area contributed by atoms with Crippen LogP contribution in [0.25, 0.3) is 27.2 Å². The van der Waals surface area contributed by atoms with Gasteiger partial charge in [0.2, 0.25) is 0 Å². The molecular formula is C19H18N4O2S. The summed E-state index contributed by atoms with van der Waals surface area (Å²) in [6.07, 6.45) is 4.91. The fraction of sp³-hybridized carbons (Fsp3) is 0.263. The van der Waals surface area contributed by atoms with Gasteiger partial charge in [-0.05, 0) is 31.2 Å². The van der Waals surface area contributed by atoms with Gasteiger partial charge in [-0.2, -0.15) is 0 Å². The molecule has 6 nitrogen and oxygen atoms in total. The Morgan fingerprint density at radius 3 is 3.08 bits per heavy atom. The lowest BCUT2D eigenvalue weighted by Crippen LogP contribution is -2.27. The predicted molar refractivity (Wildman–Crippen MR) is 104 cm³/mol. The lowest BCUT2D eigenvalue weighted by molar-refractivity contribution is 0.563. The Hall–Kier alpha value is -2.64. The highest BCUT2D eigenvalue weighted by Crippen LogP contribution is 2.26. The van der Waals surface area contributed by atoms with Gasteiger partial charge in [-0.1, -0.05) is 0 Å². The Kier molecular flexibility index (Phi) is 3.76. The van der Waals surface area contributed by atoms with E-state index in [9.17, 15) is 4.79 Å². The third-order valence-electron chi connectivity index (χ3n) is 4.79. The largest absolute Gasteiger partial charge is 0.422 e. The van der Waals surface area contributed by atoms with Crippen molar-refractivity contribution in [3.8, 4) is 11.3 Å². The van der Waals surface area contributed by atoms with Crippen molar-refractivity contribution in [2.75, 3.05) is 31.1 Å². The number of thiazole rings is 1. The van der Waals surface area contributed by atoms with E-state index >= 15 is 0 Å². The zero-order valence-corrected chi connectivity index (χ0v) is 15.0. The number of imidazole rings is 1. The van der Waals surface area contributed by atoms with Gasteiger partial charge in [0.05, 0.1) is 11.3 Å². The zero-order chi connectivity index (χ0) is 17.5. The second-order valence-corrected chi connectivity index (χ2v) is 7.35. The van der Waals surface area contributed by atoms with Gasteiger partial charge >= 0.3 is 5.63 Å². The zero-order valence-electron chi connectivity index (χ0n) is 14.1. The van der Waals surface area contributed by atoms with Crippen molar-refractivity contribution in [1.82, 2.24) is 14.7 Å². The molecule has 1 aliphatic heterocycles. The molecule has 0 amide bonds. The third-order valence-corrected chi connectivity index (χ3v) is 5.56. The summed E-state index contributed by atoms with van der Waals surface area (Å²) in [5.74, 6) is 0. The number of nitrogens with zero attached hydrogens (tertiary/aromatic N) is 3. The number of hydrogen-bond donors (Lipinski definition) is 1. The normalized spacial score (nSPS) is 15.6. The average Bonchev–Trinajstić information content (AvgIpc) is 3.13. The molecule has 0 atom stereocenters. The van der Waals surface area contributed by atoms with E-state index in [4.69, 9.17) is 4.42 Å². The number of anilines is 1. The Morgan fingerprint density at radius 2 is 2.15 bits per heavy atom. The van der Waals surface area contributed by atoms with Crippen molar-refractivity contribution in [1.29, 1.82) is 0 Å². The van der Waals surface area contributed by atoms with Crippen molar-refractivity contribution >= 4 is 33.0 Å². The molecule has 1 aromatic carbocycles. The molecule has 1 fully saturated rings. The Balaban J connectivity index is 1.56. The molecule has 0 saturated carbocycles. The van der Waals surface area contributed by atoms with Gasteiger partial charge in [0.25, 0.3) is 0 Å². The van der Waals surface area contributed by atoms with Crippen LogP contribution in [0, 0.1) is 0 Å². The van der Waals surface area contributed by atoms with E-state index in [2.05, 4.69) is 21.3 Å². The van der Waals surface area contributed by atoms with E-state index in [0.29, 0.717) is 16.8 Å². The molecule has 0 aliphatic carbocycles. The molecule has 1 saturated heterocycles. The first kappa shape index (κ1) is 15.6. The van der Waals surface area contributed by atoms with E-state index < -0.39 is 0 Å². The summed E-state index contributed by atoms with van der Waals surface area (Å²) in [6.45, 7) is 3.98. The molecule has 4 heterocycles. The Bertz CT molecular complexity index is 1110. The van der Waals surface area contributed by atoms with E-state index in [-0.39, 0.29) is 5.63 Å². The van der Waals surface area contributed by atoms with Crippen LogP contribution in [0.4, 0.5) is 5.69 Å². The van der Waals surface area contributed by atoms with Crippen molar-refractivity contribution in [3.63, 3.8) is 0 Å². The van der Waals surface area contributed by atoms with Crippen molar-refractivity contribution in [2.45, 2.75) is 6.42 Å². The molecule has 3 aromatic heterocycles. The predicted octanol–water partition coefficient (Wildman–Crippen LogP) is 2.97. The van der Waals surface area contributed by atoms with Crippen LogP contribution in [0.5, 0.6) is 0 Å². The van der Waals surface area contributed by atoms with Crippen LogP contribution in [0.2, 0.25) is 0 Å². The van der Waals surface area contributed by atoms with Gasteiger partial charge < -0.3 is 14.6 Å². The standard InChI is InChI=1S/C19H18N4O2S/c24-18-15(16-12-23-8-9-26-19(23)21-16)10-13-2-3-14(11-17(13)25-18)22-6-1-4-20-5-7-22/h2-3,8-12,20H,1,4-7H2. The lowest BCUT2D eigenvalue weighted by atomic mass is 10.1. The highest BCUT2D eigenvalue weighted by Gasteiger charge is 2.14. The Labute approximate surface area is 153 Å². The summed E-state index contributed by atoms with van der Waals surface area (Å²) < 4.78 is 7.56. The number of hydrogen-bond acceptors (Lipinski definition) is 6. The summed E-state index contributed by atoms with van der Waals surface area (Å²) in [4.78, 5) is 20.3. The highest BCUT2D eigenvalue weighted by atomic mass is 32.1. The van der Waals surface area contributed by atoms with Crippen LogP contribution in [0.1, 0.15) is 6.42 Å². The fourth-order valence-electron chi connectivity index (χ4n) is 3.44. The van der Waals surface area contributed by atoms with Gasteiger partial charge in [0, 0.05) is 54.5 Å². The minimum absolute atomic E-state index is 0.349. The molecule has 0 unspecified atom stereocenters. The highest BCUT2D eigenvalue weighted by molar-refractivity contribution is 7.15. The molecule has 0 bridgehead atoms. The van der Waals surface area contributed by atoms with Gasteiger partial charge in [-0.3, -0.25) is 4.40 Å². The van der Waals surface area contributed by atoms with Crippen LogP contribution < -0.4 is 15.8 Å². The summed E-state index contributed by atoms with van der Waals surface area (Å²) in [5.41, 5.74) is 2.52. The minimum Gasteiger partial charge on any atom is -0.422 e. The number of nitrogens with one attached hydrogen (secondary N) is 1. The molecule has 0 spiro atoms. The average molecular weight is 366 g/mol. The van der Waals surface area contributed by atoms with E-state index in [0.717, 1.165) is 48.6 Å². The number of fused-ring (bicyclic) bond motifs is 2. The SMILES string of the molecule is O=c1oc2cc(N3CCCNCC3)ccc2cc1-c1cn2ccsc2n1. The van der Waals surface area contributed by atoms with E-state index in [1.807, 2.05) is 40.4 Å². The smallest absolute Gasteiger partial charge is 0.345 e. The summed E-state index contributed by atoms with van der Waals surface area (Å²) in [7, 11) is 0. The monoisotopic (exact) mass is 366 g/mol. The first-order valence-corrected chi connectivity index (χ1v) is 9.62. The van der Waals surface area contributed by atoms with Gasteiger partial charge in [0.15, 0.2) is 4.96 Å². The maximum Gasteiger partial charge on any atom is 0.345 e. The summed E-state index contributed by atoms with van der Waals surface area (Å²) in [6, 6.07) is 7.97. The number of benzene rings is 1. The van der Waals surface area contributed by atoms with Crippen LogP contribution in [0.3, 0.4) is 0 Å². The molecule has 5 rings (SSSR count). The first-order valence-electron chi connectivity index (χ1n) is 8.74. The van der Waals surface area contributed by atoms with Crippen LogP contribution in [-0.2, 0) is 0 Å². The van der Waals surface area contributed by atoms with Gasteiger partial charge in [-0.15, -0.1) is 11.3 Å². The van der Waals surface area contributed by atoms with Gasteiger partial charge in [0.1, 0.15) is 5.58 Å². The molecule has 7 heteroatoms. The Morgan fingerprint density at radius 1 is 1.19 bits per heavy atom. The van der Waals surface area contributed by atoms with Crippen molar-refractivity contribution < 1.29 is 4.42 Å². The minimum atomic E-state index is -0.349. The second-order valence-electron chi connectivity index (χ2n) is 6.48. The van der Waals surface area contributed by atoms with Crippen LogP contribution >= 0.6 is 11.3 Å². The number of aromatic nitrogens is 2. The van der Waals surface area contributed by atoms with E-state index in [1.54, 1.807) is 11.3 Å². The molecule has 4 aromatic rings. The summed E-state index contributed by atoms with van der Waals surface area (Å²) in [5, 5.41) is 6.28. The van der Waals surface area contributed by atoms with Gasteiger partial charge in [-0.25, -0.2) is 9.78 Å². The van der Waals surface area contributed by atoms with Crippen molar-refractivity contribution in [2.24, 2.45) is 0 Å². The van der Waals surface area contributed by atoms with Crippen LogP contribution in [-0.4, -0.2) is 35.6 Å². The lowest BCUT2D eigenvalue weighted by Gasteiger charge is -2.22. The molecule has 0 radical (unpaired) electrons. The van der Waals surface area contributed by atoms with Crippen LogP contribution in [0.15, 0.2) is 51.3 Å². The maximum absolute atomic E-state index is 12.5. The maximum atomic E-state index is 12.5. The molecule has 26 heavy (non-hydrogen) atoms. The third kappa shape index (κ3) is 2.69. The molecule has 1 aliphatic rings. The summed E-state index contributed by atoms with van der Waals surface area (Å²) >= 11 is 1.54.